The summed E-state index contributed by atoms with van der Waals surface area (Å²) in [6, 6.07) is 10.4. The van der Waals surface area contributed by atoms with E-state index < -0.39 is 0 Å². The summed E-state index contributed by atoms with van der Waals surface area (Å²) in [6.07, 6.45) is 4.03. The molecule has 4 rings (SSSR count). The van der Waals surface area contributed by atoms with E-state index in [2.05, 4.69) is 38.6 Å². The van der Waals surface area contributed by atoms with Gasteiger partial charge in [-0.2, -0.15) is 0 Å². The average Bonchev–Trinajstić information content (AvgIpc) is 3.28. The fraction of sp³-hybridized carbons (Fsp3) is 0.409. The van der Waals surface area contributed by atoms with Crippen LogP contribution in [0.25, 0.3) is 11.3 Å². The number of rotatable bonds is 6. The van der Waals surface area contributed by atoms with Crippen LogP contribution in [-0.2, 0) is 13.0 Å². The van der Waals surface area contributed by atoms with Gasteiger partial charge in [0, 0.05) is 37.6 Å². The van der Waals surface area contributed by atoms with E-state index in [9.17, 15) is 0 Å². The standard InChI is InChI=1S/C22H27N5O/c1-15-21(16(2)28-26-15)20-8-4-7-19(25-20)12-17-9-11-27(13-17)14-18-6-5-10-24-22(18)23-3/h4-8,10,17H,9,11-14H2,1-3H3,(H,23,24)/t17-/m1/s1. The first-order chi connectivity index (χ1) is 13.6. The molecule has 0 spiro atoms. The molecule has 3 aromatic heterocycles. The highest BCUT2D eigenvalue weighted by Crippen LogP contribution is 2.27. The molecule has 1 aliphatic heterocycles. The molecule has 6 heteroatoms. The Morgan fingerprint density at radius 3 is 2.89 bits per heavy atom. The third kappa shape index (κ3) is 3.92. The molecule has 1 N–H and O–H groups in total. The predicted octanol–water partition coefficient (Wildman–Crippen LogP) is 3.85. The second-order valence-corrected chi connectivity index (χ2v) is 7.57. The van der Waals surface area contributed by atoms with Gasteiger partial charge in [0.05, 0.1) is 17.0 Å². The summed E-state index contributed by atoms with van der Waals surface area (Å²) in [5.74, 6) is 2.42. The second-order valence-electron chi connectivity index (χ2n) is 7.57. The molecule has 4 heterocycles. The van der Waals surface area contributed by atoms with E-state index in [1.54, 1.807) is 0 Å². The maximum atomic E-state index is 5.31. The van der Waals surface area contributed by atoms with E-state index in [0.29, 0.717) is 5.92 Å². The van der Waals surface area contributed by atoms with Crippen molar-refractivity contribution in [3.05, 3.63) is 59.2 Å². The number of hydrogen-bond donors (Lipinski definition) is 1. The molecule has 0 aliphatic carbocycles. The van der Waals surface area contributed by atoms with Gasteiger partial charge in [-0.15, -0.1) is 0 Å². The SMILES string of the molecule is CNc1ncccc1CN1CC[C@H](Cc2cccc(-c3c(C)noc3C)n2)C1. The number of aromatic nitrogens is 3. The summed E-state index contributed by atoms with van der Waals surface area (Å²) in [4.78, 5) is 11.8. The number of likely N-dealkylation sites (tertiary alicyclic amines) is 1. The molecule has 6 nitrogen and oxygen atoms in total. The van der Waals surface area contributed by atoms with Crippen molar-refractivity contribution in [3.63, 3.8) is 0 Å². The zero-order chi connectivity index (χ0) is 19.5. The van der Waals surface area contributed by atoms with Gasteiger partial charge in [0.15, 0.2) is 0 Å². The average molecular weight is 377 g/mol. The van der Waals surface area contributed by atoms with Crippen LogP contribution < -0.4 is 5.32 Å². The minimum absolute atomic E-state index is 0.627. The maximum absolute atomic E-state index is 5.31. The Labute approximate surface area is 166 Å². The van der Waals surface area contributed by atoms with Crippen molar-refractivity contribution in [2.75, 3.05) is 25.5 Å². The van der Waals surface area contributed by atoms with Gasteiger partial charge >= 0.3 is 0 Å². The van der Waals surface area contributed by atoms with Crippen molar-refractivity contribution >= 4 is 5.82 Å². The lowest BCUT2D eigenvalue weighted by atomic mass is 10.0. The van der Waals surface area contributed by atoms with Crippen LogP contribution in [0, 0.1) is 19.8 Å². The maximum Gasteiger partial charge on any atom is 0.143 e. The first-order valence-corrected chi connectivity index (χ1v) is 9.87. The molecule has 0 amide bonds. The quantitative estimate of drug-likeness (QED) is 0.704. The van der Waals surface area contributed by atoms with E-state index in [-0.39, 0.29) is 0 Å². The summed E-state index contributed by atoms with van der Waals surface area (Å²) >= 11 is 0. The first-order valence-electron chi connectivity index (χ1n) is 9.87. The van der Waals surface area contributed by atoms with Crippen LogP contribution in [0.3, 0.4) is 0 Å². The van der Waals surface area contributed by atoms with Crippen molar-refractivity contribution in [2.24, 2.45) is 5.92 Å². The highest BCUT2D eigenvalue weighted by Gasteiger charge is 2.24. The Hall–Kier alpha value is -2.73. The molecule has 0 saturated carbocycles. The smallest absolute Gasteiger partial charge is 0.143 e. The number of anilines is 1. The highest BCUT2D eigenvalue weighted by atomic mass is 16.5. The lowest BCUT2D eigenvalue weighted by molar-refractivity contribution is 0.316. The van der Waals surface area contributed by atoms with Crippen molar-refractivity contribution in [2.45, 2.75) is 33.2 Å². The van der Waals surface area contributed by atoms with E-state index in [0.717, 1.165) is 60.3 Å². The van der Waals surface area contributed by atoms with Crippen molar-refractivity contribution in [1.82, 2.24) is 20.0 Å². The zero-order valence-electron chi connectivity index (χ0n) is 16.8. The van der Waals surface area contributed by atoms with Crippen LogP contribution >= 0.6 is 0 Å². The summed E-state index contributed by atoms with van der Waals surface area (Å²) < 4.78 is 5.31. The largest absolute Gasteiger partial charge is 0.373 e. The molecule has 146 valence electrons. The minimum atomic E-state index is 0.627. The Bertz CT molecular complexity index is 932. The minimum Gasteiger partial charge on any atom is -0.373 e. The Balaban J connectivity index is 1.41. The first kappa shape index (κ1) is 18.6. The Kier molecular flexibility index (Phi) is 5.39. The lowest BCUT2D eigenvalue weighted by Crippen LogP contribution is -2.21. The van der Waals surface area contributed by atoms with Gasteiger partial charge in [0.2, 0.25) is 0 Å². The number of aryl methyl sites for hydroxylation is 2. The molecule has 0 bridgehead atoms. The van der Waals surface area contributed by atoms with Gasteiger partial charge < -0.3 is 9.84 Å². The summed E-state index contributed by atoms with van der Waals surface area (Å²) in [7, 11) is 1.93. The normalized spacial score (nSPS) is 17.2. The van der Waals surface area contributed by atoms with E-state index in [4.69, 9.17) is 9.51 Å². The number of pyridine rings is 2. The third-order valence-electron chi connectivity index (χ3n) is 5.49. The van der Waals surface area contributed by atoms with Gasteiger partial charge in [-0.25, -0.2) is 4.98 Å². The van der Waals surface area contributed by atoms with Gasteiger partial charge in [-0.3, -0.25) is 9.88 Å². The van der Waals surface area contributed by atoms with Gasteiger partial charge in [0.1, 0.15) is 11.6 Å². The third-order valence-corrected chi connectivity index (χ3v) is 5.49. The Morgan fingerprint density at radius 1 is 1.21 bits per heavy atom. The van der Waals surface area contributed by atoms with Crippen molar-refractivity contribution < 1.29 is 4.52 Å². The van der Waals surface area contributed by atoms with Crippen LogP contribution in [0.1, 0.15) is 29.1 Å². The van der Waals surface area contributed by atoms with E-state index in [1.807, 2.05) is 39.2 Å². The fourth-order valence-corrected chi connectivity index (χ4v) is 4.13. The Morgan fingerprint density at radius 2 is 2.11 bits per heavy atom. The summed E-state index contributed by atoms with van der Waals surface area (Å²) in [5, 5.41) is 7.25. The van der Waals surface area contributed by atoms with Crippen LogP contribution in [0.15, 0.2) is 41.1 Å². The summed E-state index contributed by atoms with van der Waals surface area (Å²) in [5.41, 5.74) is 5.26. The number of nitrogens with one attached hydrogen (secondary N) is 1. The summed E-state index contributed by atoms with van der Waals surface area (Å²) in [6.45, 7) is 7.05. The van der Waals surface area contributed by atoms with E-state index in [1.165, 1.54) is 12.0 Å². The molecule has 0 unspecified atom stereocenters. The van der Waals surface area contributed by atoms with Crippen LogP contribution in [0.2, 0.25) is 0 Å². The predicted molar refractivity (Wildman–Crippen MR) is 110 cm³/mol. The molecule has 0 radical (unpaired) electrons. The number of hydrogen-bond acceptors (Lipinski definition) is 6. The highest BCUT2D eigenvalue weighted by molar-refractivity contribution is 5.63. The van der Waals surface area contributed by atoms with Crippen molar-refractivity contribution in [1.29, 1.82) is 0 Å². The monoisotopic (exact) mass is 377 g/mol. The van der Waals surface area contributed by atoms with Gasteiger partial charge in [0.25, 0.3) is 0 Å². The van der Waals surface area contributed by atoms with Gasteiger partial charge in [-0.05, 0) is 57.4 Å². The molecule has 3 aromatic rings. The molecule has 1 aliphatic rings. The topological polar surface area (TPSA) is 67.1 Å². The zero-order valence-corrected chi connectivity index (χ0v) is 16.8. The van der Waals surface area contributed by atoms with Crippen molar-refractivity contribution in [3.8, 4) is 11.3 Å². The van der Waals surface area contributed by atoms with Gasteiger partial charge in [-0.1, -0.05) is 17.3 Å². The second kappa shape index (κ2) is 8.10. The lowest BCUT2D eigenvalue weighted by Gasteiger charge is -2.17. The fourth-order valence-electron chi connectivity index (χ4n) is 4.13. The van der Waals surface area contributed by atoms with E-state index >= 15 is 0 Å². The molecular weight excluding hydrogens is 350 g/mol. The molecule has 0 aromatic carbocycles. The molecule has 1 atom stereocenters. The molecule has 1 fully saturated rings. The molecule has 28 heavy (non-hydrogen) atoms. The van der Waals surface area contributed by atoms with Crippen LogP contribution in [0.4, 0.5) is 5.82 Å². The van der Waals surface area contributed by atoms with Crippen LogP contribution in [-0.4, -0.2) is 40.2 Å². The molecular formula is C22H27N5O. The van der Waals surface area contributed by atoms with Crippen LogP contribution in [0.5, 0.6) is 0 Å². The molecule has 1 saturated heterocycles. The number of nitrogens with zero attached hydrogens (tertiary/aromatic N) is 4.